The lowest BCUT2D eigenvalue weighted by atomic mass is 9.96. The summed E-state index contributed by atoms with van der Waals surface area (Å²) in [7, 11) is 1.67. The van der Waals surface area contributed by atoms with E-state index in [0.29, 0.717) is 37.4 Å². The molecule has 1 fully saturated rings. The fraction of sp³-hybridized carbons (Fsp3) is 0.591. The predicted molar refractivity (Wildman–Crippen MR) is 123 cm³/mol. The Morgan fingerprint density at radius 2 is 2.09 bits per heavy atom. The standard InChI is InChI=1S/C22H33N5O4S/c1-6-31-20(28)18-17(25(5)21(29)24-19(18)16-7-10-32-13-16)12-26-8-9-27(15(4)11-26)22(30)23-14(2)3/h7,10,13-15,19H,6,8-9,11-12H2,1-5H3,(H,23,30)(H,24,29). The van der Waals surface area contributed by atoms with Gasteiger partial charge in [-0.3, -0.25) is 9.80 Å². The zero-order valence-corrected chi connectivity index (χ0v) is 20.2. The van der Waals surface area contributed by atoms with Gasteiger partial charge in [-0.05, 0) is 50.1 Å². The molecule has 10 heteroatoms. The summed E-state index contributed by atoms with van der Waals surface area (Å²) >= 11 is 1.51. The second kappa shape index (κ2) is 10.4. The van der Waals surface area contributed by atoms with Crippen LogP contribution in [0.25, 0.3) is 0 Å². The van der Waals surface area contributed by atoms with Crippen molar-refractivity contribution in [1.82, 2.24) is 25.3 Å². The minimum Gasteiger partial charge on any atom is -0.463 e. The Balaban J connectivity index is 1.85. The largest absolute Gasteiger partial charge is 0.463 e. The first-order valence-electron chi connectivity index (χ1n) is 11.0. The highest BCUT2D eigenvalue weighted by molar-refractivity contribution is 7.08. The van der Waals surface area contributed by atoms with E-state index in [2.05, 4.69) is 15.5 Å². The molecule has 0 aliphatic carbocycles. The van der Waals surface area contributed by atoms with E-state index < -0.39 is 12.0 Å². The number of nitrogens with one attached hydrogen (secondary N) is 2. The number of esters is 1. The van der Waals surface area contributed by atoms with Crippen LogP contribution in [0.2, 0.25) is 0 Å². The van der Waals surface area contributed by atoms with E-state index in [0.717, 1.165) is 5.56 Å². The van der Waals surface area contributed by atoms with Crippen LogP contribution >= 0.6 is 11.3 Å². The van der Waals surface area contributed by atoms with Crippen molar-refractivity contribution in [3.63, 3.8) is 0 Å². The van der Waals surface area contributed by atoms with Crippen LogP contribution in [-0.2, 0) is 9.53 Å². The van der Waals surface area contributed by atoms with Crippen molar-refractivity contribution >= 4 is 29.4 Å². The quantitative estimate of drug-likeness (QED) is 0.632. The van der Waals surface area contributed by atoms with Crippen LogP contribution in [0.15, 0.2) is 28.1 Å². The van der Waals surface area contributed by atoms with E-state index in [1.165, 1.54) is 16.2 Å². The van der Waals surface area contributed by atoms with Crippen molar-refractivity contribution in [2.75, 3.05) is 39.8 Å². The van der Waals surface area contributed by atoms with Crippen molar-refractivity contribution in [2.24, 2.45) is 0 Å². The summed E-state index contributed by atoms with van der Waals surface area (Å²) in [6.07, 6.45) is 0. The molecule has 9 nitrogen and oxygen atoms in total. The predicted octanol–water partition coefficient (Wildman–Crippen LogP) is 2.39. The Kier molecular flexibility index (Phi) is 7.78. The topological polar surface area (TPSA) is 94.2 Å². The van der Waals surface area contributed by atoms with Crippen molar-refractivity contribution < 1.29 is 19.1 Å². The molecule has 1 saturated heterocycles. The Hall–Kier alpha value is -2.59. The maximum Gasteiger partial charge on any atom is 0.338 e. The molecule has 1 aromatic rings. The van der Waals surface area contributed by atoms with Crippen LogP contribution in [0.4, 0.5) is 9.59 Å². The lowest BCUT2D eigenvalue weighted by molar-refractivity contribution is -0.139. The molecular formula is C22H33N5O4S. The van der Waals surface area contributed by atoms with E-state index in [-0.39, 0.29) is 30.8 Å². The van der Waals surface area contributed by atoms with Gasteiger partial charge in [0.25, 0.3) is 0 Å². The normalized spacial score (nSPS) is 22.2. The highest BCUT2D eigenvalue weighted by Gasteiger charge is 2.38. The Labute approximate surface area is 193 Å². The SMILES string of the molecule is CCOC(=O)C1=C(CN2CCN(C(=O)NC(C)C)C(C)C2)N(C)C(=O)NC1c1ccsc1. The van der Waals surface area contributed by atoms with E-state index >= 15 is 0 Å². The van der Waals surface area contributed by atoms with Gasteiger partial charge in [0.15, 0.2) is 0 Å². The van der Waals surface area contributed by atoms with Crippen molar-refractivity contribution in [1.29, 1.82) is 0 Å². The number of hydrogen-bond donors (Lipinski definition) is 2. The van der Waals surface area contributed by atoms with Crippen molar-refractivity contribution in [3.8, 4) is 0 Å². The summed E-state index contributed by atoms with van der Waals surface area (Å²) in [4.78, 5) is 43.7. The molecule has 0 radical (unpaired) electrons. The highest BCUT2D eigenvalue weighted by Crippen LogP contribution is 2.32. The molecule has 2 N–H and O–H groups in total. The summed E-state index contributed by atoms with van der Waals surface area (Å²) in [6, 6.07) is 1.12. The number of rotatable bonds is 6. The molecule has 3 rings (SSSR count). The van der Waals surface area contributed by atoms with Gasteiger partial charge in [0.05, 0.1) is 18.2 Å². The molecular weight excluding hydrogens is 430 g/mol. The third-order valence-corrected chi connectivity index (χ3v) is 6.41. The molecule has 2 atom stereocenters. The number of carbonyl (C=O) groups excluding carboxylic acids is 3. The lowest BCUT2D eigenvalue weighted by Gasteiger charge is -2.42. The lowest BCUT2D eigenvalue weighted by Crippen LogP contribution is -2.58. The summed E-state index contributed by atoms with van der Waals surface area (Å²) in [5.74, 6) is -0.423. The molecule has 4 amide bonds. The van der Waals surface area contributed by atoms with Gasteiger partial charge in [-0.1, -0.05) is 0 Å². The maximum absolute atomic E-state index is 13.0. The molecule has 2 unspecified atom stereocenters. The van der Waals surface area contributed by atoms with Crippen molar-refractivity contribution in [3.05, 3.63) is 33.7 Å². The number of amides is 4. The number of carbonyl (C=O) groups is 3. The van der Waals surface area contributed by atoms with Crippen LogP contribution in [0.1, 0.15) is 39.3 Å². The molecule has 0 bridgehead atoms. The maximum atomic E-state index is 13.0. The monoisotopic (exact) mass is 463 g/mol. The van der Waals surface area contributed by atoms with Gasteiger partial charge in [0.1, 0.15) is 0 Å². The number of urea groups is 2. The summed E-state index contributed by atoms with van der Waals surface area (Å²) < 4.78 is 5.37. The molecule has 1 aromatic heterocycles. The number of piperazine rings is 1. The Bertz CT molecular complexity index is 870. The smallest absolute Gasteiger partial charge is 0.338 e. The number of ether oxygens (including phenoxy) is 1. The molecule has 0 spiro atoms. The second-order valence-corrected chi connectivity index (χ2v) is 9.24. The average molecular weight is 464 g/mol. The highest BCUT2D eigenvalue weighted by atomic mass is 32.1. The zero-order chi connectivity index (χ0) is 23.4. The molecule has 0 saturated carbocycles. The van der Waals surface area contributed by atoms with Crippen LogP contribution < -0.4 is 10.6 Å². The molecule has 3 heterocycles. The molecule has 2 aliphatic rings. The number of nitrogens with zero attached hydrogens (tertiary/aromatic N) is 3. The molecule has 32 heavy (non-hydrogen) atoms. The minimum absolute atomic E-state index is 0.00420. The third-order valence-electron chi connectivity index (χ3n) is 5.71. The fourth-order valence-electron chi connectivity index (χ4n) is 4.11. The first-order chi connectivity index (χ1) is 15.2. The summed E-state index contributed by atoms with van der Waals surface area (Å²) in [6.45, 7) is 10.2. The molecule has 176 valence electrons. The van der Waals surface area contributed by atoms with Gasteiger partial charge in [-0.2, -0.15) is 11.3 Å². The van der Waals surface area contributed by atoms with Crippen LogP contribution in [-0.4, -0.2) is 84.6 Å². The Morgan fingerprint density at radius 3 is 2.69 bits per heavy atom. The molecule has 0 aromatic carbocycles. The summed E-state index contributed by atoms with van der Waals surface area (Å²) in [5, 5.41) is 9.73. The number of likely N-dealkylation sites (N-methyl/N-ethyl adjacent to an activating group) is 1. The minimum atomic E-state index is -0.547. The molecule has 2 aliphatic heterocycles. The fourth-order valence-corrected chi connectivity index (χ4v) is 4.79. The van der Waals surface area contributed by atoms with Crippen LogP contribution in [0.3, 0.4) is 0 Å². The van der Waals surface area contributed by atoms with Gasteiger partial charge < -0.3 is 20.3 Å². The van der Waals surface area contributed by atoms with Gasteiger partial charge >= 0.3 is 18.0 Å². The Morgan fingerprint density at radius 1 is 1.34 bits per heavy atom. The average Bonchev–Trinajstić information content (AvgIpc) is 3.25. The van der Waals surface area contributed by atoms with Gasteiger partial charge in [0.2, 0.25) is 0 Å². The third kappa shape index (κ3) is 5.24. The van der Waals surface area contributed by atoms with Gasteiger partial charge in [-0.15, -0.1) is 0 Å². The van der Waals surface area contributed by atoms with Crippen LogP contribution in [0, 0.1) is 0 Å². The van der Waals surface area contributed by atoms with Crippen LogP contribution in [0.5, 0.6) is 0 Å². The van der Waals surface area contributed by atoms with E-state index in [9.17, 15) is 14.4 Å². The summed E-state index contributed by atoms with van der Waals surface area (Å²) in [5.41, 5.74) is 1.95. The number of hydrogen-bond acceptors (Lipinski definition) is 6. The van der Waals surface area contributed by atoms with E-state index in [1.807, 2.05) is 42.5 Å². The number of thiophene rings is 1. The van der Waals surface area contributed by atoms with Crippen molar-refractivity contribution in [2.45, 2.75) is 45.8 Å². The van der Waals surface area contributed by atoms with E-state index in [4.69, 9.17) is 4.74 Å². The van der Waals surface area contributed by atoms with Gasteiger partial charge in [0, 0.05) is 51.0 Å². The zero-order valence-electron chi connectivity index (χ0n) is 19.4. The first-order valence-corrected chi connectivity index (χ1v) is 11.9. The first kappa shape index (κ1) is 24.1. The van der Waals surface area contributed by atoms with Gasteiger partial charge in [-0.25, -0.2) is 14.4 Å². The second-order valence-electron chi connectivity index (χ2n) is 8.46. The van der Waals surface area contributed by atoms with E-state index in [1.54, 1.807) is 14.0 Å².